The monoisotopic (exact) mass is 142 g/mol. The van der Waals surface area contributed by atoms with Gasteiger partial charge in [-0.3, -0.25) is 0 Å². The highest BCUT2D eigenvalue weighted by Crippen LogP contribution is 2.09. The molecular weight excluding hydrogens is 124 g/mol. The summed E-state index contributed by atoms with van der Waals surface area (Å²) in [6, 6.07) is 0.627. The lowest BCUT2D eigenvalue weighted by molar-refractivity contribution is 0.389. The molecule has 0 aliphatic carbocycles. The van der Waals surface area contributed by atoms with E-state index in [2.05, 4.69) is 31.4 Å². The molecule has 0 radical (unpaired) electrons. The zero-order valence-electron chi connectivity index (χ0n) is 7.20. The lowest BCUT2D eigenvalue weighted by Crippen LogP contribution is -2.41. The van der Waals surface area contributed by atoms with E-state index in [0.29, 0.717) is 11.6 Å². The van der Waals surface area contributed by atoms with Crippen LogP contribution in [0.5, 0.6) is 0 Å². The second-order valence-electron chi connectivity index (χ2n) is 3.87. The van der Waals surface area contributed by atoms with E-state index in [9.17, 15) is 0 Å². The Morgan fingerprint density at radius 3 is 2.80 bits per heavy atom. The lowest BCUT2D eigenvalue weighted by Gasteiger charge is -2.23. The summed E-state index contributed by atoms with van der Waals surface area (Å²) in [5, 5.41) is 6.95. The molecule has 2 nitrogen and oxygen atoms in total. The molecule has 1 heterocycles. The predicted octanol–water partition coefficient (Wildman–Crippen LogP) is 0.736. The number of hydrogen-bond donors (Lipinski definition) is 2. The second-order valence-corrected chi connectivity index (χ2v) is 3.87. The predicted molar refractivity (Wildman–Crippen MR) is 44.2 cm³/mol. The average molecular weight is 142 g/mol. The Balaban J connectivity index is 2.41. The van der Waals surface area contributed by atoms with Crippen LogP contribution in [0.3, 0.4) is 0 Å². The Kier molecular flexibility index (Phi) is 2.32. The standard InChI is InChI=1S/C8H18N2/c1-7-6-10-8(2,3)4-5-9-7/h7,9-10H,4-6H2,1-3H3/t7-/m1/s1. The van der Waals surface area contributed by atoms with Gasteiger partial charge in [-0.1, -0.05) is 0 Å². The van der Waals surface area contributed by atoms with Gasteiger partial charge in [-0.2, -0.15) is 0 Å². The van der Waals surface area contributed by atoms with Gasteiger partial charge in [0, 0.05) is 18.1 Å². The van der Waals surface area contributed by atoms with Gasteiger partial charge in [0.1, 0.15) is 0 Å². The van der Waals surface area contributed by atoms with Gasteiger partial charge < -0.3 is 10.6 Å². The highest BCUT2D eigenvalue weighted by Gasteiger charge is 2.20. The summed E-state index contributed by atoms with van der Waals surface area (Å²) in [5.74, 6) is 0. The van der Waals surface area contributed by atoms with Crippen molar-refractivity contribution in [1.82, 2.24) is 10.6 Å². The van der Waals surface area contributed by atoms with E-state index in [1.165, 1.54) is 6.42 Å². The van der Waals surface area contributed by atoms with E-state index in [-0.39, 0.29) is 0 Å². The maximum atomic E-state index is 3.51. The Hall–Kier alpha value is -0.0800. The van der Waals surface area contributed by atoms with Crippen molar-refractivity contribution < 1.29 is 0 Å². The van der Waals surface area contributed by atoms with E-state index in [0.717, 1.165) is 13.1 Å². The quantitative estimate of drug-likeness (QED) is 0.521. The van der Waals surface area contributed by atoms with Crippen LogP contribution >= 0.6 is 0 Å². The minimum absolute atomic E-state index is 0.331. The molecule has 10 heavy (non-hydrogen) atoms. The zero-order chi connectivity index (χ0) is 7.61. The molecule has 2 N–H and O–H groups in total. The first kappa shape index (κ1) is 8.02. The molecule has 1 atom stereocenters. The summed E-state index contributed by atoms with van der Waals surface area (Å²) < 4.78 is 0. The van der Waals surface area contributed by atoms with Crippen molar-refractivity contribution in [2.75, 3.05) is 13.1 Å². The Bertz CT molecular complexity index is 110. The third-order valence-electron chi connectivity index (χ3n) is 2.13. The van der Waals surface area contributed by atoms with Crippen LogP contribution < -0.4 is 10.6 Å². The summed E-state index contributed by atoms with van der Waals surface area (Å²) in [6.07, 6.45) is 1.22. The van der Waals surface area contributed by atoms with E-state index in [4.69, 9.17) is 0 Å². The van der Waals surface area contributed by atoms with Crippen molar-refractivity contribution in [3.8, 4) is 0 Å². The minimum Gasteiger partial charge on any atom is -0.313 e. The average Bonchev–Trinajstić information content (AvgIpc) is 1.94. The molecule has 0 amide bonds. The smallest absolute Gasteiger partial charge is 0.0164 e. The Morgan fingerprint density at radius 1 is 1.40 bits per heavy atom. The summed E-state index contributed by atoms with van der Waals surface area (Å²) in [6.45, 7) is 8.96. The molecular formula is C8H18N2. The van der Waals surface area contributed by atoms with Crippen LogP contribution in [0, 0.1) is 0 Å². The largest absolute Gasteiger partial charge is 0.313 e. The maximum Gasteiger partial charge on any atom is 0.0164 e. The molecule has 0 bridgehead atoms. The summed E-state index contributed by atoms with van der Waals surface area (Å²) in [7, 11) is 0. The van der Waals surface area contributed by atoms with Crippen LogP contribution in [-0.4, -0.2) is 24.7 Å². The molecule has 0 spiro atoms. The first-order valence-corrected chi connectivity index (χ1v) is 4.08. The molecule has 0 unspecified atom stereocenters. The normalized spacial score (nSPS) is 33.3. The molecule has 0 aromatic carbocycles. The summed E-state index contributed by atoms with van der Waals surface area (Å²) >= 11 is 0. The molecule has 0 aromatic rings. The van der Waals surface area contributed by atoms with Gasteiger partial charge in [-0.05, 0) is 33.7 Å². The van der Waals surface area contributed by atoms with Crippen molar-refractivity contribution in [2.24, 2.45) is 0 Å². The van der Waals surface area contributed by atoms with Gasteiger partial charge in [0.15, 0.2) is 0 Å². The molecule has 1 saturated heterocycles. The highest BCUT2D eigenvalue weighted by molar-refractivity contribution is 4.84. The fourth-order valence-electron chi connectivity index (χ4n) is 1.22. The zero-order valence-corrected chi connectivity index (χ0v) is 7.20. The molecule has 1 fully saturated rings. The van der Waals surface area contributed by atoms with E-state index in [1.54, 1.807) is 0 Å². The van der Waals surface area contributed by atoms with Crippen molar-refractivity contribution >= 4 is 0 Å². The summed E-state index contributed by atoms with van der Waals surface area (Å²) in [4.78, 5) is 0. The maximum absolute atomic E-state index is 3.51. The first-order chi connectivity index (χ1) is 4.60. The topological polar surface area (TPSA) is 24.1 Å². The Labute approximate surface area is 63.4 Å². The third kappa shape index (κ3) is 2.27. The fourth-order valence-corrected chi connectivity index (χ4v) is 1.22. The molecule has 60 valence electrons. The van der Waals surface area contributed by atoms with E-state index in [1.807, 2.05) is 0 Å². The third-order valence-corrected chi connectivity index (χ3v) is 2.13. The minimum atomic E-state index is 0.331. The van der Waals surface area contributed by atoms with Crippen molar-refractivity contribution in [2.45, 2.75) is 38.8 Å². The van der Waals surface area contributed by atoms with Crippen LogP contribution in [0.15, 0.2) is 0 Å². The lowest BCUT2D eigenvalue weighted by atomic mass is 10.0. The van der Waals surface area contributed by atoms with Crippen LogP contribution in [0.2, 0.25) is 0 Å². The number of nitrogens with one attached hydrogen (secondary N) is 2. The number of rotatable bonds is 0. The van der Waals surface area contributed by atoms with Crippen LogP contribution in [-0.2, 0) is 0 Å². The van der Waals surface area contributed by atoms with Crippen molar-refractivity contribution in [1.29, 1.82) is 0 Å². The molecule has 1 aliphatic heterocycles. The van der Waals surface area contributed by atoms with Gasteiger partial charge in [-0.15, -0.1) is 0 Å². The van der Waals surface area contributed by atoms with Crippen LogP contribution in [0.1, 0.15) is 27.2 Å². The highest BCUT2D eigenvalue weighted by atomic mass is 15.1. The first-order valence-electron chi connectivity index (χ1n) is 4.08. The van der Waals surface area contributed by atoms with Crippen LogP contribution in [0.4, 0.5) is 0 Å². The molecule has 0 saturated carbocycles. The second kappa shape index (κ2) is 2.89. The van der Waals surface area contributed by atoms with Gasteiger partial charge in [-0.25, -0.2) is 0 Å². The Morgan fingerprint density at radius 2 is 2.10 bits per heavy atom. The fraction of sp³-hybridized carbons (Fsp3) is 1.00. The molecule has 1 rings (SSSR count). The SMILES string of the molecule is C[C@@H]1CNC(C)(C)CCN1. The van der Waals surface area contributed by atoms with Crippen molar-refractivity contribution in [3.63, 3.8) is 0 Å². The van der Waals surface area contributed by atoms with E-state index >= 15 is 0 Å². The molecule has 0 aromatic heterocycles. The van der Waals surface area contributed by atoms with Crippen LogP contribution in [0.25, 0.3) is 0 Å². The van der Waals surface area contributed by atoms with Crippen molar-refractivity contribution in [3.05, 3.63) is 0 Å². The molecule has 1 aliphatic rings. The van der Waals surface area contributed by atoms with Gasteiger partial charge in [0.2, 0.25) is 0 Å². The molecule has 2 heteroatoms. The summed E-state index contributed by atoms with van der Waals surface area (Å²) in [5.41, 5.74) is 0.331. The van der Waals surface area contributed by atoms with Gasteiger partial charge in [0.25, 0.3) is 0 Å². The van der Waals surface area contributed by atoms with Gasteiger partial charge >= 0.3 is 0 Å². The number of hydrogen-bond acceptors (Lipinski definition) is 2. The van der Waals surface area contributed by atoms with Gasteiger partial charge in [0.05, 0.1) is 0 Å². The van der Waals surface area contributed by atoms with E-state index < -0.39 is 0 Å².